The van der Waals surface area contributed by atoms with Gasteiger partial charge in [-0.3, -0.25) is 4.79 Å². The van der Waals surface area contributed by atoms with Gasteiger partial charge in [-0.25, -0.2) is 0 Å². The number of fused-ring (bicyclic) bond motifs is 2. The molecule has 0 saturated heterocycles. The van der Waals surface area contributed by atoms with Crippen LogP contribution < -0.4 is 0 Å². The minimum Gasteiger partial charge on any atom is -0.360 e. The van der Waals surface area contributed by atoms with E-state index in [1.54, 1.807) is 6.92 Å². The summed E-state index contributed by atoms with van der Waals surface area (Å²) in [6, 6.07) is 0. The number of carbonyl (C=O) groups is 1. The van der Waals surface area contributed by atoms with Gasteiger partial charge in [0.1, 0.15) is 5.76 Å². The van der Waals surface area contributed by atoms with Gasteiger partial charge in [0.15, 0.2) is 0 Å². The molecule has 0 unspecified atom stereocenters. The normalized spacial score (nSPS) is 32.4. The molecule has 1 aliphatic carbocycles. The molecule has 108 valence electrons. The number of aromatic nitrogens is 1. The van der Waals surface area contributed by atoms with Gasteiger partial charge in [-0.2, -0.15) is 0 Å². The molecule has 1 aromatic heterocycles. The van der Waals surface area contributed by atoms with E-state index in [1.165, 1.54) is 11.1 Å². The van der Waals surface area contributed by atoms with Crippen molar-refractivity contribution >= 4 is 5.91 Å². The Labute approximate surface area is 119 Å². The first-order valence-electron chi connectivity index (χ1n) is 7.31. The SMILES string of the molecule is CC[C@@]1(C)C2=CCN(C(C)=O)C[C@]2(C)Cc2cnoc21. The predicted octanol–water partition coefficient (Wildman–Crippen LogP) is 2.69. The van der Waals surface area contributed by atoms with E-state index in [2.05, 4.69) is 32.0 Å². The van der Waals surface area contributed by atoms with Crippen molar-refractivity contribution in [3.63, 3.8) is 0 Å². The molecule has 1 aliphatic heterocycles. The minimum atomic E-state index is -0.0955. The zero-order valence-corrected chi connectivity index (χ0v) is 12.7. The van der Waals surface area contributed by atoms with Gasteiger partial charge in [-0.1, -0.05) is 30.7 Å². The quantitative estimate of drug-likeness (QED) is 0.740. The summed E-state index contributed by atoms with van der Waals surface area (Å²) >= 11 is 0. The van der Waals surface area contributed by atoms with Gasteiger partial charge in [0.05, 0.1) is 6.20 Å². The van der Waals surface area contributed by atoms with Gasteiger partial charge in [0.2, 0.25) is 5.91 Å². The Morgan fingerprint density at radius 2 is 2.25 bits per heavy atom. The first kappa shape index (κ1) is 13.4. The van der Waals surface area contributed by atoms with Crippen molar-refractivity contribution in [1.29, 1.82) is 0 Å². The van der Waals surface area contributed by atoms with Crippen LogP contribution in [0.3, 0.4) is 0 Å². The van der Waals surface area contributed by atoms with E-state index in [4.69, 9.17) is 4.52 Å². The Morgan fingerprint density at radius 3 is 2.90 bits per heavy atom. The number of nitrogens with zero attached hydrogens (tertiary/aromatic N) is 2. The molecule has 0 fully saturated rings. The third-order valence-corrected chi connectivity index (χ3v) is 5.18. The zero-order valence-electron chi connectivity index (χ0n) is 12.7. The van der Waals surface area contributed by atoms with Gasteiger partial charge >= 0.3 is 0 Å². The standard InChI is InChI=1S/C16H22N2O2/c1-5-16(4)13-6-7-18(11(2)19)10-15(13,3)8-12-9-17-20-14(12)16/h6,9H,5,7-8,10H2,1-4H3/t15-,16-/m0/s1. The van der Waals surface area contributed by atoms with Crippen molar-refractivity contribution in [1.82, 2.24) is 10.1 Å². The summed E-state index contributed by atoms with van der Waals surface area (Å²) in [5.41, 5.74) is 2.50. The van der Waals surface area contributed by atoms with E-state index in [9.17, 15) is 4.79 Å². The molecule has 1 amide bonds. The average Bonchev–Trinajstić information content (AvgIpc) is 2.85. The fraction of sp³-hybridized carbons (Fsp3) is 0.625. The van der Waals surface area contributed by atoms with Crippen LogP contribution in [0.2, 0.25) is 0 Å². The lowest BCUT2D eigenvalue weighted by Crippen LogP contribution is -2.51. The lowest BCUT2D eigenvalue weighted by molar-refractivity contribution is -0.130. The smallest absolute Gasteiger partial charge is 0.219 e. The van der Waals surface area contributed by atoms with Crippen LogP contribution in [0.1, 0.15) is 45.4 Å². The van der Waals surface area contributed by atoms with E-state index in [0.717, 1.165) is 25.1 Å². The van der Waals surface area contributed by atoms with Crippen LogP contribution in [0.15, 0.2) is 22.4 Å². The molecule has 0 saturated carbocycles. The molecule has 4 heteroatoms. The summed E-state index contributed by atoms with van der Waals surface area (Å²) in [4.78, 5) is 13.6. The van der Waals surface area contributed by atoms with E-state index >= 15 is 0 Å². The third-order valence-electron chi connectivity index (χ3n) is 5.18. The second kappa shape index (κ2) is 4.21. The van der Waals surface area contributed by atoms with E-state index in [1.807, 2.05) is 11.1 Å². The molecule has 0 bridgehead atoms. The zero-order chi connectivity index (χ0) is 14.5. The maximum atomic E-state index is 11.7. The van der Waals surface area contributed by atoms with Crippen LogP contribution in [-0.4, -0.2) is 29.1 Å². The second-order valence-electron chi connectivity index (χ2n) is 6.62. The number of hydrogen-bond acceptors (Lipinski definition) is 3. The fourth-order valence-corrected chi connectivity index (χ4v) is 4.04. The average molecular weight is 274 g/mol. The second-order valence-corrected chi connectivity index (χ2v) is 6.62. The number of carbonyl (C=O) groups excluding carboxylic acids is 1. The van der Waals surface area contributed by atoms with Crippen LogP contribution in [0, 0.1) is 5.41 Å². The van der Waals surface area contributed by atoms with Crippen molar-refractivity contribution in [2.45, 2.75) is 46.0 Å². The molecular formula is C16H22N2O2. The number of rotatable bonds is 1. The molecule has 2 atom stereocenters. The van der Waals surface area contributed by atoms with Gasteiger partial charge < -0.3 is 9.42 Å². The molecule has 2 aliphatic rings. The Bertz CT molecular complexity index is 589. The van der Waals surface area contributed by atoms with Crippen LogP contribution in [0.25, 0.3) is 0 Å². The van der Waals surface area contributed by atoms with E-state index in [-0.39, 0.29) is 16.7 Å². The highest BCUT2D eigenvalue weighted by molar-refractivity contribution is 5.74. The Hall–Kier alpha value is -1.58. The molecule has 0 aromatic carbocycles. The van der Waals surface area contributed by atoms with Crippen molar-refractivity contribution in [3.8, 4) is 0 Å². The summed E-state index contributed by atoms with van der Waals surface area (Å²) in [5.74, 6) is 1.16. The summed E-state index contributed by atoms with van der Waals surface area (Å²) < 4.78 is 5.56. The summed E-state index contributed by atoms with van der Waals surface area (Å²) in [5, 5.41) is 4.01. The van der Waals surface area contributed by atoms with Crippen molar-refractivity contribution in [2.75, 3.05) is 13.1 Å². The first-order chi connectivity index (χ1) is 9.40. The van der Waals surface area contributed by atoms with Crippen LogP contribution in [0.4, 0.5) is 0 Å². The van der Waals surface area contributed by atoms with Crippen LogP contribution in [-0.2, 0) is 16.6 Å². The predicted molar refractivity (Wildman–Crippen MR) is 76.3 cm³/mol. The maximum Gasteiger partial charge on any atom is 0.219 e. The molecule has 0 spiro atoms. The molecule has 20 heavy (non-hydrogen) atoms. The van der Waals surface area contributed by atoms with E-state index in [0.29, 0.717) is 6.54 Å². The number of amides is 1. The maximum absolute atomic E-state index is 11.7. The molecular weight excluding hydrogens is 252 g/mol. The Balaban J connectivity index is 2.12. The van der Waals surface area contributed by atoms with Gasteiger partial charge in [-0.15, -0.1) is 0 Å². The summed E-state index contributed by atoms with van der Waals surface area (Å²) in [6.45, 7) is 9.83. The third kappa shape index (κ3) is 1.67. The lowest BCUT2D eigenvalue weighted by atomic mass is 9.57. The molecule has 1 aromatic rings. The summed E-state index contributed by atoms with van der Waals surface area (Å²) in [6.07, 6.45) is 5.96. The first-order valence-corrected chi connectivity index (χ1v) is 7.31. The van der Waals surface area contributed by atoms with Gasteiger partial charge in [-0.05, 0) is 19.8 Å². The number of hydrogen-bond donors (Lipinski definition) is 0. The van der Waals surface area contributed by atoms with Crippen molar-refractivity contribution < 1.29 is 9.32 Å². The van der Waals surface area contributed by atoms with Crippen molar-refractivity contribution in [2.24, 2.45) is 5.41 Å². The van der Waals surface area contributed by atoms with Crippen LogP contribution in [0.5, 0.6) is 0 Å². The van der Waals surface area contributed by atoms with Gasteiger partial charge in [0, 0.05) is 36.4 Å². The largest absolute Gasteiger partial charge is 0.360 e. The van der Waals surface area contributed by atoms with Crippen molar-refractivity contribution in [3.05, 3.63) is 29.2 Å². The molecule has 0 N–H and O–H groups in total. The fourth-order valence-electron chi connectivity index (χ4n) is 4.04. The summed E-state index contributed by atoms with van der Waals surface area (Å²) in [7, 11) is 0. The topological polar surface area (TPSA) is 46.3 Å². The van der Waals surface area contributed by atoms with Crippen LogP contribution >= 0.6 is 0 Å². The highest BCUT2D eigenvalue weighted by Crippen LogP contribution is 2.53. The Morgan fingerprint density at radius 1 is 1.50 bits per heavy atom. The highest BCUT2D eigenvalue weighted by atomic mass is 16.5. The monoisotopic (exact) mass is 274 g/mol. The molecule has 0 radical (unpaired) electrons. The lowest BCUT2D eigenvalue weighted by Gasteiger charge is -2.50. The molecule has 3 rings (SSSR count). The molecule has 2 heterocycles. The molecule has 4 nitrogen and oxygen atoms in total. The van der Waals surface area contributed by atoms with E-state index < -0.39 is 0 Å². The highest BCUT2D eigenvalue weighted by Gasteiger charge is 2.50. The minimum absolute atomic E-state index is 0.00671. The van der Waals surface area contributed by atoms with Gasteiger partial charge in [0.25, 0.3) is 0 Å². The Kier molecular flexibility index (Phi) is 2.82.